The van der Waals surface area contributed by atoms with Crippen LogP contribution >= 0.6 is 0 Å². The summed E-state index contributed by atoms with van der Waals surface area (Å²) < 4.78 is 5.50. The van der Waals surface area contributed by atoms with E-state index in [1.54, 1.807) is 0 Å². The molecular weight excluding hydrogens is 266 g/mol. The van der Waals surface area contributed by atoms with Crippen molar-refractivity contribution in [3.8, 4) is 0 Å². The van der Waals surface area contributed by atoms with Crippen molar-refractivity contribution in [1.82, 2.24) is 4.98 Å². The first-order valence-corrected chi connectivity index (χ1v) is 7.08. The molecule has 0 spiro atoms. The predicted octanol–water partition coefficient (Wildman–Crippen LogP) is 2.24. The van der Waals surface area contributed by atoms with Gasteiger partial charge in [-0.3, -0.25) is 0 Å². The number of rotatable bonds is 0. The van der Waals surface area contributed by atoms with Gasteiger partial charge >= 0.3 is 0 Å². The number of hydrogen-bond donors (Lipinski definition) is 2. The monoisotopic (exact) mass is 279 g/mol. The molecule has 4 nitrogen and oxygen atoms in total. The van der Waals surface area contributed by atoms with E-state index < -0.39 is 12.2 Å². The maximum absolute atomic E-state index is 10.2. The lowest BCUT2D eigenvalue weighted by atomic mass is 9.90. The Balaban J connectivity index is 1.86. The van der Waals surface area contributed by atoms with Crippen LogP contribution < -0.4 is 0 Å². The fraction of sp³-hybridized carbons (Fsp3) is 0.235. The third-order valence-electron chi connectivity index (χ3n) is 4.56. The number of aromatic nitrogens is 1. The van der Waals surface area contributed by atoms with Crippen molar-refractivity contribution in [2.75, 3.05) is 0 Å². The molecule has 104 valence electrons. The SMILES string of the molecule is OC1c2nc3ccc4ccccc4c3cc2C2OC2C1O. The zero-order valence-corrected chi connectivity index (χ0v) is 11.1. The average molecular weight is 279 g/mol. The van der Waals surface area contributed by atoms with Crippen molar-refractivity contribution in [3.63, 3.8) is 0 Å². The Morgan fingerprint density at radius 1 is 1.00 bits per heavy atom. The molecule has 2 N–H and O–H groups in total. The summed E-state index contributed by atoms with van der Waals surface area (Å²) in [5, 5.41) is 23.5. The highest BCUT2D eigenvalue weighted by molar-refractivity contribution is 6.06. The molecule has 4 heteroatoms. The van der Waals surface area contributed by atoms with Crippen LogP contribution in [0.25, 0.3) is 21.7 Å². The molecule has 1 saturated heterocycles. The van der Waals surface area contributed by atoms with E-state index in [0.717, 1.165) is 27.2 Å². The summed E-state index contributed by atoms with van der Waals surface area (Å²) in [6, 6.07) is 14.2. The van der Waals surface area contributed by atoms with E-state index in [4.69, 9.17) is 4.74 Å². The molecule has 3 aromatic rings. The number of aliphatic hydroxyl groups is 2. The number of fused-ring (bicyclic) bond motifs is 6. The van der Waals surface area contributed by atoms with Gasteiger partial charge < -0.3 is 14.9 Å². The Morgan fingerprint density at radius 2 is 1.86 bits per heavy atom. The molecule has 0 amide bonds. The first-order valence-electron chi connectivity index (χ1n) is 7.08. The number of hydrogen-bond acceptors (Lipinski definition) is 4. The van der Waals surface area contributed by atoms with Gasteiger partial charge in [-0.25, -0.2) is 4.98 Å². The van der Waals surface area contributed by atoms with Gasteiger partial charge in [0.15, 0.2) is 0 Å². The smallest absolute Gasteiger partial charge is 0.125 e. The standard InChI is InChI=1S/C17H13NO3/c19-14-13-11(16-17(21-16)15(14)20)7-10-9-4-2-1-3-8(9)5-6-12(10)18-13/h1-7,14-17,19-20H. The number of benzene rings is 2. The maximum atomic E-state index is 10.2. The van der Waals surface area contributed by atoms with Gasteiger partial charge in [-0.05, 0) is 22.9 Å². The van der Waals surface area contributed by atoms with Crippen LogP contribution in [0.15, 0.2) is 42.5 Å². The van der Waals surface area contributed by atoms with Crippen LogP contribution in [0.3, 0.4) is 0 Å². The van der Waals surface area contributed by atoms with Crippen LogP contribution in [0, 0.1) is 0 Å². The highest BCUT2D eigenvalue weighted by atomic mass is 16.6. The summed E-state index contributed by atoms with van der Waals surface area (Å²) in [5.41, 5.74) is 2.28. The second-order valence-electron chi connectivity index (χ2n) is 5.77. The largest absolute Gasteiger partial charge is 0.387 e. The van der Waals surface area contributed by atoms with Gasteiger partial charge in [0.1, 0.15) is 24.4 Å². The van der Waals surface area contributed by atoms with Gasteiger partial charge in [0.05, 0.1) is 11.2 Å². The predicted molar refractivity (Wildman–Crippen MR) is 77.8 cm³/mol. The van der Waals surface area contributed by atoms with E-state index in [0.29, 0.717) is 5.69 Å². The Bertz CT molecular complexity index is 892. The zero-order chi connectivity index (χ0) is 14.1. The van der Waals surface area contributed by atoms with E-state index in [-0.39, 0.29) is 12.2 Å². The van der Waals surface area contributed by atoms with Crippen molar-refractivity contribution >= 4 is 21.7 Å². The lowest BCUT2D eigenvalue weighted by Gasteiger charge is -2.22. The summed E-state index contributed by atoms with van der Waals surface area (Å²) in [5.74, 6) is 0. The zero-order valence-electron chi connectivity index (χ0n) is 11.1. The van der Waals surface area contributed by atoms with Crippen molar-refractivity contribution < 1.29 is 14.9 Å². The molecule has 0 bridgehead atoms. The first kappa shape index (κ1) is 11.6. The highest BCUT2D eigenvalue weighted by Gasteiger charge is 2.54. The molecule has 21 heavy (non-hydrogen) atoms. The number of nitrogens with zero attached hydrogens (tertiary/aromatic N) is 1. The third-order valence-corrected chi connectivity index (χ3v) is 4.56. The Labute approximate surface area is 120 Å². The Kier molecular flexibility index (Phi) is 2.10. The normalized spacial score (nSPS) is 30.2. The number of epoxide rings is 1. The quantitative estimate of drug-likeness (QED) is 0.489. The van der Waals surface area contributed by atoms with Crippen LogP contribution in [0.2, 0.25) is 0 Å². The average Bonchev–Trinajstić information content (AvgIpc) is 3.32. The maximum Gasteiger partial charge on any atom is 0.125 e. The Morgan fingerprint density at radius 3 is 2.76 bits per heavy atom. The van der Waals surface area contributed by atoms with Crippen molar-refractivity contribution in [1.29, 1.82) is 0 Å². The lowest BCUT2D eigenvalue weighted by Crippen LogP contribution is -2.29. The molecule has 1 aliphatic carbocycles. The molecule has 2 aliphatic rings. The fourth-order valence-electron chi connectivity index (χ4n) is 3.40. The van der Waals surface area contributed by atoms with Gasteiger partial charge in [0.25, 0.3) is 0 Å². The van der Waals surface area contributed by atoms with Crippen LogP contribution in [-0.4, -0.2) is 27.4 Å². The highest BCUT2D eigenvalue weighted by Crippen LogP contribution is 2.50. The molecule has 1 aliphatic heterocycles. The van der Waals surface area contributed by atoms with Crippen LogP contribution in [-0.2, 0) is 4.74 Å². The molecule has 2 aromatic carbocycles. The van der Waals surface area contributed by atoms with Crippen LogP contribution in [0.5, 0.6) is 0 Å². The second-order valence-corrected chi connectivity index (χ2v) is 5.77. The van der Waals surface area contributed by atoms with Gasteiger partial charge in [-0.2, -0.15) is 0 Å². The summed E-state index contributed by atoms with van der Waals surface area (Å²) in [6.45, 7) is 0. The minimum atomic E-state index is -0.973. The molecular formula is C17H13NO3. The molecule has 5 rings (SSSR count). The van der Waals surface area contributed by atoms with Crippen LogP contribution in [0.1, 0.15) is 23.5 Å². The molecule has 4 atom stereocenters. The second kappa shape index (κ2) is 3.80. The molecule has 1 aromatic heterocycles. The van der Waals surface area contributed by atoms with E-state index in [2.05, 4.69) is 23.2 Å². The lowest BCUT2D eigenvalue weighted by molar-refractivity contribution is -0.00225. The summed E-state index contributed by atoms with van der Waals surface area (Å²) >= 11 is 0. The molecule has 1 fully saturated rings. The van der Waals surface area contributed by atoms with Crippen molar-refractivity contribution in [3.05, 3.63) is 53.7 Å². The van der Waals surface area contributed by atoms with E-state index in [1.165, 1.54) is 0 Å². The number of ether oxygens (including phenoxy) is 1. The Hall–Kier alpha value is -2.01. The molecule has 0 radical (unpaired) electrons. The molecule has 4 unspecified atom stereocenters. The minimum Gasteiger partial charge on any atom is -0.387 e. The third kappa shape index (κ3) is 1.47. The fourth-order valence-corrected chi connectivity index (χ4v) is 3.40. The number of aliphatic hydroxyl groups excluding tert-OH is 2. The van der Waals surface area contributed by atoms with Gasteiger partial charge in [-0.15, -0.1) is 0 Å². The van der Waals surface area contributed by atoms with E-state index in [1.807, 2.05) is 24.3 Å². The number of pyridine rings is 1. The van der Waals surface area contributed by atoms with Crippen molar-refractivity contribution in [2.24, 2.45) is 0 Å². The van der Waals surface area contributed by atoms with Gasteiger partial charge in [0, 0.05) is 10.9 Å². The first-order chi connectivity index (χ1) is 10.2. The topological polar surface area (TPSA) is 65.9 Å². The van der Waals surface area contributed by atoms with Gasteiger partial charge in [-0.1, -0.05) is 30.3 Å². The molecule has 2 heterocycles. The molecule has 0 saturated carbocycles. The van der Waals surface area contributed by atoms with Crippen LogP contribution in [0.4, 0.5) is 0 Å². The van der Waals surface area contributed by atoms with Crippen molar-refractivity contribution in [2.45, 2.75) is 24.4 Å². The van der Waals surface area contributed by atoms with Gasteiger partial charge in [0.2, 0.25) is 0 Å². The minimum absolute atomic E-state index is 0.130. The van der Waals surface area contributed by atoms with E-state index >= 15 is 0 Å². The summed E-state index contributed by atoms with van der Waals surface area (Å²) in [6.07, 6.45) is -2.27. The van der Waals surface area contributed by atoms with E-state index in [9.17, 15) is 10.2 Å². The summed E-state index contributed by atoms with van der Waals surface area (Å²) in [4.78, 5) is 4.58. The summed E-state index contributed by atoms with van der Waals surface area (Å²) in [7, 11) is 0.